The van der Waals surface area contributed by atoms with Gasteiger partial charge in [0.25, 0.3) is 0 Å². The summed E-state index contributed by atoms with van der Waals surface area (Å²) in [5.41, 5.74) is 6.06. The lowest BCUT2D eigenvalue weighted by molar-refractivity contribution is 0.300. The minimum Gasteiger partial charge on any atom is -0.491 e. The van der Waals surface area contributed by atoms with Crippen molar-refractivity contribution in [2.75, 3.05) is 18.9 Å². The summed E-state index contributed by atoms with van der Waals surface area (Å²) in [6, 6.07) is 3.97. The maximum Gasteiger partial charge on any atom is 0.212 e. The SMILES string of the molecule is CCCOc1cc(C(C)NS(=O)(=O)CCCCCN)ccc1F. The molecule has 3 N–H and O–H groups in total. The van der Waals surface area contributed by atoms with Gasteiger partial charge in [0.2, 0.25) is 10.0 Å². The van der Waals surface area contributed by atoms with Crippen LogP contribution in [0.1, 0.15) is 51.1 Å². The number of hydrogen-bond donors (Lipinski definition) is 2. The second-order valence-corrected chi connectivity index (χ2v) is 7.42. The fourth-order valence-electron chi connectivity index (χ4n) is 2.12. The Balaban J connectivity index is 2.67. The van der Waals surface area contributed by atoms with Crippen LogP contribution >= 0.6 is 0 Å². The molecule has 0 heterocycles. The van der Waals surface area contributed by atoms with Crippen molar-refractivity contribution in [2.24, 2.45) is 5.73 Å². The first kappa shape index (κ1) is 19.9. The van der Waals surface area contributed by atoms with Crippen LogP contribution in [0.5, 0.6) is 5.75 Å². The number of sulfonamides is 1. The molecule has 5 nitrogen and oxygen atoms in total. The van der Waals surface area contributed by atoms with Gasteiger partial charge in [0.15, 0.2) is 11.6 Å². The lowest BCUT2D eigenvalue weighted by atomic mass is 10.1. The summed E-state index contributed by atoms with van der Waals surface area (Å²) in [6.07, 6.45) is 2.96. The van der Waals surface area contributed by atoms with Gasteiger partial charge in [0.05, 0.1) is 12.4 Å². The summed E-state index contributed by atoms with van der Waals surface area (Å²) < 4.78 is 45.7. The van der Waals surface area contributed by atoms with Crippen molar-refractivity contribution in [1.82, 2.24) is 4.72 Å². The largest absolute Gasteiger partial charge is 0.491 e. The quantitative estimate of drug-likeness (QED) is 0.604. The van der Waals surface area contributed by atoms with Crippen molar-refractivity contribution in [1.29, 1.82) is 0 Å². The summed E-state index contributed by atoms with van der Waals surface area (Å²) >= 11 is 0. The Kier molecular flexibility index (Phi) is 8.51. The highest BCUT2D eigenvalue weighted by Gasteiger charge is 2.17. The van der Waals surface area contributed by atoms with Crippen LogP contribution in [0.3, 0.4) is 0 Å². The van der Waals surface area contributed by atoms with Crippen molar-refractivity contribution in [3.8, 4) is 5.75 Å². The minimum atomic E-state index is -3.37. The molecule has 0 bridgehead atoms. The van der Waals surface area contributed by atoms with E-state index in [4.69, 9.17) is 10.5 Å². The Labute approximate surface area is 138 Å². The predicted octanol–water partition coefficient (Wildman–Crippen LogP) is 2.72. The van der Waals surface area contributed by atoms with Crippen LogP contribution in [-0.2, 0) is 10.0 Å². The zero-order valence-corrected chi connectivity index (χ0v) is 14.7. The molecule has 1 unspecified atom stereocenters. The Hall–Kier alpha value is -1.18. The highest BCUT2D eigenvalue weighted by atomic mass is 32.2. The van der Waals surface area contributed by atoms with Crippen LogP contribution in [0, 0.1) is 5.82 Å². The smallest absolute Gasteiger partial charge is 0.212 e. The van der Waals surface area contributed by atoms with Gasteiger partial charge in [0, 0.05) is 6.04 Å². The monoisotopic (exact) mass is 346 g/mol. The molecule has 23 heavy (non-hydrogen) atoms. The van der Waals surface area contributed by atoms with Gasteiger partial charge in [-0.15, -0.1) is 0 Å². The first-order valence-electron chi connectivity index (χ1n) is 8.02. The summed E-state index contributed by atoms with van der Waals surface area (Å²) in [5, 5.41) is 0. The standard InChI is InChI=1S/C16H27FN2O3S/c1-3-10-22-16-12-14(7-8-15(16)17)13(2)19-23(20,21)11-6-4-5-9-18/h7-8,12-13,19H,3-6,9-11,18H2,1-2H3. The van der Waals surface area contributed by atoms with Gasteiger partial charge < -0.3 is 10.5 Å². The molecule has 1 aromatic rings. The third-order valence-corrected chi connectivity index (χ3v) is 4.93. The van der Waals surface area contributed by atoms with E-state index in [2.05, 4.69) is 4.72 Å². The van der Waals surface area contributed by atoms with Gasteiger partial charge in [-0.3, -0.25) is 0 Å². The second-order valence-electron chi connectivity index (χ2n) is 5.55. The first-order valence-corrected chi connectivity index (χ1v) is 9.67. The molecule has 0 aliphatic heterocycles. The lowest BCUT2D eigenvalue weighted by Gasteiger charge is -2.16. The number of rotatable bonds is 11. The fourth-order valence-corrected chi connectivity index (χ4v) is 3.50. The van der Waals surface area contributed by atoms with Gasteiger partial charge in [0.1, 0.15) is 0 Å². The molecule has 0 aliphatic rings. The number of nitrogens with one attached hydrogen (secondary N) is 1. The van der Waals surface area contributed by atoms with Gasteiger partial charge in [-0.2, -0.15) is 0 Å². The summed E-state index contributed by atoms with van der Waals surface area (Å²) in [4.78, 5) is 0. The zero-order chi connectivity index (χ0) is 17.3. The molecule has 0 amide bonds. The Morgan fingerprint density at radius 2 is 2.04 bits per heavy atom. The third-order valence-electron chi connectivity index (χ3n) is 3.39. The molecular weight excluding hydrogens is 319 g/mol. The van der Waals surface area contributed by atoms with Crippen LogP contribution in [0.15, 0.2) is 18.2 Å². The van der Waals surface area contributed by atoms with Crippen molar-refractivity contribution in [3.63, 3.8) is 0 Å². The number of hydrogen-bond acceptors (Lipinski definition) is 4. The second kappa shape index (κ2) is 9.85. The Bertz CT molecular complexity index is 579. The van der Waals surface area contributed by atoms with E-state index in [9.17, 15) is 12.8 Å². The van der Waals surface area contributed by atoms with Crippen LogP contribution in [0.2, 0.25) is 0 Å². The first-order chi connectivity index (χ1) is 10.9. The van der Waals surface area contributed by atoms with E-state index in [-0.39, 0.29) is 11.5 Å². The molecule has 1 aromatic carbocycles. The molecule has 7 heteroatoms. The number of ether oxygens (including phenoxy) is 1. The van der Waals surface area contributed by atoms with Crippen molar-refractivity contribution >= 4 is 10.0 Å². The molecule has 132 valence electrons. The van der Waals surface area contributed by atoms with Crippen LogP contribution in [0.25, 0.3) is 0 Å². The average molecular weight is 346 g/mol. The van der Waals surface area contributed by atoms with Crippen LogP contribution in [0.4, 0.5) is 4.39 Å². The number of nitrogens with two attached hydrogens (primary N) is 1. The van der Waals surface area contributed by atoms with Gasteiger partial charge in [-0.1, -0.05) is 19.4 Å². The maximum absolute atomic E-state index is 13.7. The van der Waals surface area contributed by atoms with E-state index in [1.807, 2.05) is 6.92 Å². The Morgan fingerprint density at radius 1 is 1.30 bits per heavy atom. The van der Waals surface area contributed by atoms with Crippen molar-refractivity contribution < 1.29 is 17.5 Å². The number of halogens is 1. The molecule has 0 saturated carbocycles. The molecule has 0 spiro atoms. The van der Waals surface area contributed by atoms with Crippen molar-refractivity contribution in [2.45, 2.75) is 45.6 Å². The van der Waals surface area contributed by atoms with Crippen molar-refractivity contribution in [3.05, 3.63) is 29.6 Å². The third kappa shape index (κ3) is 7.28. The molecule has 0 aromatic heterocycles. The normalized spacial score (nSPS) is 13.0. The molecular formula is C16H27FN2O3S. The maximum atomic E-state index is 13.7. The predicted molar refractivity (Wildman–Crippen MR) is 90.4 cm³/mol. The van der Waals surface area contributed by atoms with Gasteiger partial charge >= 0.3 is 0 Å². The summed E-state index contributed by atoms with van der Waals surface area (Å²) in [6.45, 7) is 4.65. The number of unbranched alkanes of at least 4 members (excludes halogenated alkanes) is 2. The van der Waals surface area contributed by atoms with E-state index in [1.54, 1.807) is 19.1 Å². The van der Waals surface area contributed by atoms with Crippen LogP contribution < -0.4 is 15.2 Å². The van der Waals surface area contributed by atoms with Crippen LogP contribution in [-0.4, -0.2) is 27.3 Å². The van der Waals surface area contributed by atoms with E-state index in [0.717, 1.165) is 19.3 Å². The average Bonchev–Trinajstić information content (AvgIpc) is 2.50. The van der Waals surface area contributed by atoms with Gasteiger partial charge in [-0.05, 0) is 50.4 Å². The van der Waals surface area contributed by atoms with E-state index >= 15 is 0 Å². The summed E-state index contributed by atoms with van der Waals surface area (Å²) in [7, 11) is -3.37. The lowest BCUT2D eigenvalue weighted by Crippen LogP contribution is -2.29. The van der Waals surface area contributed by atoms with Gasteiger partial charge in [-0.25, -0.2) is 17.5 Å². The fraction of sp³-hybridized carbons (Fsp3) is 0.625. The molecule has 0 radical (unpaired) electrons. The summed E-state index contributed by atoms with van der Waals surface area (Å²) in [5.74, 6) is -0.227. The zero-order valence-electron chi connectivity index (χ0n) is 13.8. The highest BCUT2D eigenvalue weighted by molar-refractivity contribution is 7.89. The molecule has 1 rings (SSSR count). The number of benzene rings is 1. The Morgan fingerprint density at radius 3 is 2.70 bits per heavy atom. The van der Waals surface area contributed by atoms with E-state index in [0.29, 0.717) is 25.1 Å². The van der Waals surface area contributed by atoms with E-state index < -0.39 is 21.9 Å². The molecule has 0 aliphatic carbocycles. The minimum absolute atomic E-state index is 0.0672. The highest BCUT2D eigenvalue weighted by Crippen LogP contribution is 2.23. The van der Waals surface area contributed by atoms with E-state index in [1.165, 1.54) is 6.07 Å². The molecule has 1 atom stereocenters. The molecule has 0 fully saturated rings. The molecule has 0 saturated heterocycles. The topological polar surface area (TPSA) is 81.4 Å².